The van der Waals surface area contributed by atoms with Gasteiger partial charge in [-0.25, -0.2) is 17.6 Å². The minimum atomic E-state index is -4.06. The van der Waals surface area contributed by atoms with Crippen molar-refractivity contribution in [3.63, 3.8) is 0 Å². The van der Waals surface area contributed by atoms with Gasteiger partial charge in [-0.15, -0.1) is 0 Å². The van der Waals surface area contributed by atoms with Crippen LogP contribution < -0.4 is 5.32 Å². The van der Waals surface area contributed by atoms with Gasteiger partial charge in [0, 0.05) is 17.6 Å². The molecule has 0 bridgehead atoms. The molecule has 1 aliphatic heterocycles. The van der Waals surface area contributed by atoms with Crippen LogP contribution in [0.4, 0.5) is 10.1 Å². The number of carbonyl (C=O) groups is 2. The van der Waals surface area contributed by atoms with Crippen molar-refractivity contribution in [2.75, 3.05) is 25.0 Å². The summed E-state index contributed by atoms with van der Waals surface area (Å²) in [5, 5.41) is 2.58. The highest BCUT2D eigenvalue weighted by Crippen LogP contribution is 2.24. The van der Waals surface area contributed by atoms with E-state index in [0.29, 0.717) is 36.1 Å². The second-order valence-corrected chi connectivity index (χ2v) is 9.47. The van der Waals surface area contributed by atoms with E-state index in [9.17, 15) is 22.4 Å². The van der Waals surface area contributed by atoms with Crippen molar-refractivity contribution >= 4 is 43.5 Å². The van der Waals surface area contributed by atoms with E-state index in [0.717, 1.165) is 24.6 Å². The van der Waals surface area contributed by atoms with Gasteiger partial charge in [0.25, 0.3) is 5.91 Å². The van der Waals surface area contributed by atoms with E-state index in [4.69, 9.17) is 4.74 Å². The van der Waals surface area contributed by atoms with Crippen molar-refractivity contribution in [1.29, 1.82) is 0 Å². The second kappa shape index (κ2) is 9.67. The van der Waals surface area contributed by atoms with Gasteiger partial charge in [0.05, 0.1) is 11.3 Å². The van der Waals surface area contributed by atoms with Gasteiger partial charge in [-0.3, -0.25) is 4.79 Å². The number of halogens is 2. The first kappa shape index (κ1) is 22.4. The fraction of sp³-hybridized carbons (Fsp3) is 0.300. The van der Waals surface area contributed by atoms with Crippen molar-refractivity contribution in [3.8, 4) is 0 Å². The smallest absolute Gasteiger partial charge is 0.338 e. The summed E-state index contributed by atoms with van der Waals surface area (Å²) in [4.78, 5) is 23.7. The largest absolute Gasteiger partial charge is 0.452 e. The molecule has 30 heavy (non-hydrogen) atoms. The molecule has 1 N–H and O–H groups in total. The Bertz CT molecular complexity index is 1050. The molecule has 0 unspecified atom stereocenters. The molecule has 7 nitrogen and oxygen atoms in total. The Hall–Kier alpha value is -2.30. The van der Waals surface area contributed by atoms with Crippen molar-refractivity contribution in [2.45, 2.75) is 24.2 Å². The highest BCUT2D eigenvalue weighted by atomic mass is 79.9. The summed E-state index contributed by atoms with van der Waals surface area (Å²) in [7, 11) is -4.06. The lowest BCUT2D eigenvalue weighted by molar-refractivity contribution is -0.119. The van der Waals surface area contributed by atoms with E-state index in [-0.39, 0.29) is 5.56 Å². The summed E-state index contributed by atoms with van der Waals surface area (Å²) in [6.45, 7) is 0.0447. The average molecular weight is 499 g/mol. The number of esters is 1. The highest BCUT2D eigenvalue weighted by Gasteiger charge is 2.29. The lowest BCUT2D eigenvalue weighted by atomic mass is 10.2. The molecule has 1 saturated heterocycles. The van der Waals surface area contributed by atoms with Gasteiger partial charge in [-0.1, -0.05) is 18.6 Å². The average Bonchev–Trinajstić information content (AvgIpc) is 2.74. The molecule has 0 aromatic heterocycles. The number of nitrogens with one attached hydrogen (secondary N) is 1. The number of carbonyl (C=O) groups excluding carboxylic acids is 2. The molecule has 2 aromatic carbocycles. The minimum absolute atomic E-state index is 0.152. The Morgan fingerprint density at radius 1 is 1.10 bits per heavy atom. The second-order valence-electron chi connectivity index (χ2n) is 6.71. The Kier molecular flexibility index (Phi) is 7.22. The topological polar surface area (TPSA) is 92.8 Å². The molecule has 1 heterocycles. The molecular weight excluding hydrogens is 479 g/mol. The molecule has 0 atom stereocenters. The number of hydrogen-bond acceptors (Lipinski definition) is 5. The number of sulfonamides is 1. The van der Waals surface area contributed by atoms with E-state index in [1.165, 1.54) is 4.31 Å². The van der Waals surface area contributed by atoms with Crippen molar-refractivity contribution in [2.24, 2.45) is 0 Å². The molecule has 0 saturated carbocycles. The van der Waals surface area contributed by atoms with E-state index >= 15 is 0 Å². The maximum absolute atomic E-state index is 14.3. The van der Waals surface area contributed by atoms with Crippen LogP contribution in [0.25, 0.3) is 0 Å². The first-order chi connectivity index (χ1) is 14.3. The standard InChI is InChI=1S/C20H20BrFN2O5S/c21-15-6-2-3-7-17(15)23-19(25)13-29-20(26)14-8-9-16(22)18(12-14)30(27,28)24-10-4-1-5-11-24/h2-3,6-9,12H,1,4-5,10-11,13H2,(H,23,25). The molecule has 160 valence electrons. The lowest BCUT2D eigenvalue weighted by Crippen LogP contribution is -2.36. The Balaban J connectivity index is 1.68. The van der Waals surface area contributed by atoms with Gasteiger partial charge in [0.1, 0.15) is 10.7 Å². The number of piperidine rings is 1. The third-order valence-electron chi connectivity index (χ3n) is 4.58. The van der Waals surface area contributed by atoms with Crippen LogP contribution in [0, 0.1) is 5.82 Å². The highest BCUT2D eigenvalue weighted by molar-refractivity contribution is 9.10. The van der Waals surface area contributed by atoms with Crippen LogP contribution >= 0.6 is 15.9 Å². The zero-order valence-electron chi connectivity index (χ0n) is 15.9. The molecule has 0 spiro atoms. The number of ether oxygens (including phenoxy) is 1. The SMILES string of the molecule is O=C(COC(=O)c1ccc(F)c(S(=O)(=O)N2CCCCC2)c1)Nc1ccccc1Br. The van der Waals surface area contributed by atoms with Crippen molar-refractivity contribution < 1.29 is 27.1 Å². The zero-order chi connectivity index (χ0) is 21.7. The van der Waals surface area contributed by atoms with Gasteiger partial charge in [-0.2, -0.15) is 4.31 Å². The molecule has 10 heteroatoms. The molecule has 1 fully saturated rings. The maximum Gasteiger partial charge on any atom is 0.338 e. The Morgan fingerprint density at radius 3 is 2.50 bits per heavy atom. The van der Waals surface area contributed by atoms with Crippen LogP contribution in [0.3, 0.4) is 0 Å². The molecule has 0 aliphatic carbocycles. The number of para-hydroxylation sites is 1. The summed E-state index contributed by atoms with van der Waals surface area (Å²) in [6.07, 6.45) is 2.33. The summed E-state index contributed by atoms with van der Waals surface area (Å²) >= 11 is 3.29. The van der Waals surface area contributed by atoms with Crippen LogP contribution in [0.5, 0.6) is 0 Å². The van der Waals surface area contributed by atoms with E-state index < -0.39 is 39.2 Å². The van der Waals surface area contributed by atoms with E-state index in [2.05, 4.69) is 21.2 Å². The van der Waals surface area contributed by atoms with Gasteiger partial charge in [-0.05, 0) is 59.1 Å². The zero-order valence-corrected chi connectivity index (χ0v) is 18.3. The number of nitrogens with zero attached hydrogens (tertiary/aromatic N) is 1. The van der Waals surface area contributed by atoms with Crippen LogP contribution in [0.15, 0.2) is 51.8 Å². The molecule has 2 aromatic rings. The predicted molar refractivity (Wildman–Crippen MR) is 112 cm³/mol. The summed E-state index contributed by atoms with van der Waals surface area (Å²) in [5.74, 6) is -2.44. The third-order valence-corrected chi connectivity index (χ3v) is 7.19. The van der Waals surface area contributed by atoms with Crippen LogP contribution in [0.1, 0.15) is 29.6 Å². The Morgan fingerprint density at radius 2 is 1.80 bits per heavy atom. The summed E-state index contributed by atoms with van der Waals surface area (Å²) < 4.78 is 46.6. The normalized spacial score (nSPS) is 14.9. The van der Waals surface area contributed by atoms with Crippen LogP contribution in [-0.4, -0.2) is 44.3 Å². The van der Waals surface area contributed by atoms with Gasteiger partial charge in [0.15, 0.2) is 6.61 Å². The number of rotatable bonds is 6. The number of amides is 1. The molecule has 1 amide bonds. The van der Waals surface area contributed by atoms with Crippen LogP contribution in [-0.2, 0) is 19.6 Å². The lowest BCUT2D eigenvalue weighted by Gasteiger charge is -2.26. The Labute approximate surface area is 182 Å². The number of anilines is 1. The van der Waals surface area contributed by atoms with Gasteiger partial charge < -0.3 is 10.1 Å². The van der Waals surface area contributed by atoms with Crippen molar-refractivity contribution in [1.82, 2.24) is 4.31 Å². The number of benzene rings is 2. The monoisotopic (exact) mass is 498 g/mol. The molecule has 1 aliphatic rings. The van der Waals surface area contributed by atoms with Crippen LogP contribution in [0.2, 0.25) is 0 Å². The quantitative estimate of drug-likeness (QED) is 0.614. The first-order valence-corrected chi connectivity index (χ1v) is 11.5. The summed E-state index contributed by atoms with van der Waals surface area (Å²) in [6, 6.07) is 9.91. The van der Waals surface area contributed by atoms with Gasteiger partial charge >= 0.3 is 5.97 Å². The maximum atomic E-state index is 14.3. The molecular formula is C20H20BrFN2O5S. The molecule has 3 rings (SSSR count). The first-order valence-electron chi connectivity index (χ1n) is 9.30. The predicted octanol–water partition coefficient (Wildman–Crippen LogP) is 3.56. The fourth-order valence-corrected chi connectivity index (χ4v) is 5.03. The summed E-state index contributed by atoms with van der Waals surface area (Å²) in [5.41, 5.74) is 0.357. The van der Waals surface area contributed by atoms with E-state index in [1.54, 1.807) is 24.3 Å². The van der Waals surface area contributed by atoms with Crippen molar-refractivity contribution in [3.05, 3.63) is 58.3 Å². The van der Waals surface area contributed by atoms with Gasteiger partial charge in [0.2, 0.25) is 10.0 Å². The molecule has 0 radical (unpaired) electrons. The number of hydrogen-bond donors (Lipinski definition) is 1. The third kappa shape index (κ3) is 5.24. The van der Waals surface area contributed by atoms with E-state index in [1.807, 2.05) is 0 Å². The minimum Gasteiger partial charge on any atom is -0.452 e. The fourth-order valence-electron chi connectivity index (χ4n) is 3.04.